The molecule has 2 aromatic rings. The number of aryl methyl sites for hydroxylation is 1. The Hall–Kier alpha value is -3.04. The molecule has 10 heteroatoms. The number of aromatic nitrogens is 3. The van der Waals surface area contributed by atoms with Crippen molar-refractivity contribution in [1.82, 2.24) is 25.5 Å². The van der Waals surface area contributed by atoms with Gasteiger partial charge >= 0.3 is 0 Å². The Bertz CT molecular complexity index is 748. The van der Waals surface area contributed by atoms with Crippen LogP contribution >= 0.6 is 0 Å². The van der Waals surface area contributed by atoms with Crippen molar-refractivity contribution in [3.8, 4) is 11.5 Å². The number of hydrogen-bond donors (Lipinski definition) is 1. The number of carbonyl (C=O) groups is 3. The molecule has 1 N–H and O–H groups in total. The summed E-state index contributed by atoms with van der Waals surface area (Å²) in [5.74, 6) is -0.132. The van der Waals surface area contributed by atoms with Gasteiger partial charge in [0, 0.05) is 18.9 Å². The molecule has 2 aromatic heterocycles. The fraction of sp³-hybridized carbons (Fsp3) is 0.385. The number of nitrogens with one attached hydrogen (secondary N) is 1. The highest BCUT2D eigenvalue weighted by Crippen LogP contribution is 2.15. The van der Waals surface area contributed by atoms with Crippen LogP contribution in [0.4, 0.5) is 0 Å². The maximum absolute atomic E-state index is 11.8. The zero-order valence-corrected chi connectivity index (χ0v) is 12.2. The van der Waals surface area contributed by atoms with Gasteiger partial charge in [-0.05, 0) is 6.92 Å². The minimum Gasteiger partial charge on any atom is -0.361 e. The molecule has 0 saturated carbocycles. The predicted molar refractivity (Wildman–Crippen MR) is 72.3 cm³/mol. The molecule has 0 spiro atoms. The second-order valence-corrected chi connectivity index (χ2v) is 4.98. The molecule has 1 aliphatic heterocycles. The molecule has 0 radical (unpaired) electrons. The van der Waals surface area contributed by atoms with E-state index in [0.29, 0.717) is 11.5 Å². The van der Waals surface area contributed by atoms with E-state index in [4.69, 9.17) is 9.05 Å². The summed E-state index contributed by atoms with van der Waals surface area (Å²) >= 11 is 0. The Morgan fingerprint density at radius 3 is 2.65 bits per heavy atom. The van der Waals surface area contributed by atoms with Crippen LogP contribution in [0.15, 0.2) is 15.1 Å². The average molecular weight is 319 g/mol. The molecule has 1 fully saturated rings. The monoisotopic (exact) mass is 319 g/mol. The largest absolute Gasteiger partial charge is 0.361 e. The lowest BCUT2D eigenvalue weighted by Crippen LogP contribution is -2.39. The number of likely N-dealkylation sites (tertiary alicyclic amines) is 1. The third-order valence-electron chi connectivity index (χ3n) is 3.22. The minimum absolute atomic E-state index is 0.0150. The summed E-state index contributed by atoms with van der Waals surface area (Å²) in [5, 5.41) is 9.99. The molecule has 0 bridgehead atoms. The average Bonchev–Trinajstić information content (AvgIpc) is 3.22. The Morgan fingerprint density at radius 1 is 1.26 bits per heavy atom. The highest BCUT2D eigenvalue weighted by molar-refractivity contribution is 6.04. The Balaban J connectivity index is 1.54. The van der Waals surface area contributed by atoms with Gasteiger partial charge in [0.2, 0.25) is 29.4 Å². The molecule has 1 aliphatic rings. The van der Waals surface area contributed by atoms with Gasteiger partial charge in [0.05, 0.1) is 6.54 Å². The van der Waals surface area contributed by atoms with Crippen LogP contribution in [0, 0.1) is 6.92 Å². The lowest BCUT2D eigenvalue weighted by molar-refractivity contribution is -0.142. The first-order valence-electron chi connectivity index (χ1n) is 6.89. The Labute approximate surface area is 129 Å². The van der Waals surface area contributed by atoms with Crippen molar-refractivity contribution in [3.05, 3.63) is 17.7 Å². The van der Waals surface area contributed by atoms with E-state index in [0.717, 1.165) is 4.90 Å². The zero-order chi connectivity index (χ0) is 16.4. The van der Waals surface area contributed by atoms with E-state index in [9.17, 15) is 14.4 Å². The number of carbonyl (C=O) groups excluding carboxylic acids is 3. The summed E-state index contributed by atoms with van der Waals surface area (Å²) in [6, 6.07) is 1.65. The normalized spacial score (nSPS) is 14.6. The second-order valence-electron chi connectivity index (χ2n) is 4.98. The summed E-state index contributed by atoms with van der Waals surface area (Å²) in [6.45, 7) is 1.42. The van der Waals surface area contributed by atoms with Gasteiger partial charge in [-0.15, -0.1) is 0 Å². The Kier molecular flexibility index (Phi) is 3.87. The van der Waals surface area contributed by atoms with E-state index in [-0.39, 0.29) is 49.5 Å². The van der Waals surface area contributed by atoms with Gasteiger partial charge in [0.1, 0.15) is 12.3 Å². The summed E-state index contributed by atoms with van der Waals surface area (Å²) in [6.07, 6.45) is 0.298. The summed E-state index contributed by atoms with van der Waals surface area (Å²) in [4.78, 5) is 39.6. The fourth-order valence-corrected chi connectivity index (χ4v) is 2.08. The van der Waals surface area contributed by atoms with E-state index in [1.54, 1.807) is 13.0 Å². The summed E-state index contributed by atoms with van der Waals surface area (Å²) in [5.41, 5.74) is 0.428. The molecule has 3 rings (SSSR count). The summed E-state index contributed by atoms with van der Waals surface area (Å²) in [7, 11) is 0. The lowest BCUT2D eigenvalue weighted by Gasteiger charge is -2.12. The van der Waals surface area contributed by atoms with Crippen LogP contribution in [0.5, 0.6) is 0 Å². The first-order valence-corrected chi connectivity index (χ1v) is 6.89. The molecule has 1 saturated heterocycles. The maximum atomic E-state index is 11.8. The molecule has 120 valence electrons. The fourth-order valence-electron chi connectivity index (χ4n) is 2.08. The van der Waals surface area contributed by atoms with Gasteiger partial charge in [-0.2, -0.15) is 4.98 Å². The standard InChI is InChI=1S/C13H13N5O5/c1-7-4-8(16-22-7)13-15-10(23-17-13)5-14-9(19)6-18-11(20)2-3-12(18)21/h4H,2-3,5-6H2,1H3,(H,14,19). The van der Waals surface area contributed by atoms with Gasteiger partial charge in [0.25, 0.3) is 0 Å². The van der Waals surface area contributed by atoms with Crippen molar-refractivity contribution >= 4 is 17.7 Å². The third-order valence-corrected chi connectivity index (χ3v) is 3.22. The van der Waals surface area contributed by atoms with E-state index < -0.39 is 5.91 Å². The van der Waals surface area contributed by atoms with Crippen LogP contribution in [-0.4, -0.2) is 44.5 Å². The molecule has 3 heterocycles. The van der Waals surface area contributed by atoms with Crippen LogP contribution in [-0.2, 0) is 20.9 Å². The first kappa shape index (κ1) is 14.9. The van der Waals surface area contributed by atoms with Gasteiger partial charge in [-0.25, -0.2) is 0 Å². The van der Waals surface area contributed by atoms with Crippen molar-refractivity contribution in [2.24, 2.45) is 0 Å². The maximum Gasteiger partial charge on any atom is 0.246 e. The van der Waals surface area contributed by atoms with Gasteiger partial charge in [-0.3, -0.25) is 19.3 Å². The number of imide groups is 1. The molecule has 0 atom stereocenters. The molecular formula is C13H13N5O5. The van der Waals surface area contributed by atoms with Crippen molar-refractivity contribution in [2.75, 3.05) is 6.54 Å². The quantitative estimate of drug-likeness (QED) is 0.749. The van der Waals surface area contributed by atoms with Crippen molar-refractivity contribution in [1.29, 1.82) is 0 Å². The smallest absolute Gasteiger partial charge is 0.246 e. The summed E-state index contributed by atoms with van der Waals surface area (Å²) < 4.78 is 9.90. The predicted octanol–water partition coefficient (Wildman–Crippen LogP) is -0.202. The molecular weight excluding hydrogens is 306 g/mol. The van der Waals surface area contributed by atoms with Crippen molar-refractivity contribution < 1.29 is 23.4 Å². The van der Waals surface area contributed by atoms with Crippen LogP contribution in [0.25, 0.3) is 11.5 Å². The van der Waals surface area contributed by atoms with Crippen LogP contribution < -0.4 is 5.32 Å². The highest BCUT2D eigenvalue weighted by Gasteiger charge is 2.30. The number of rotatable bonds is 5. The SMILES string of the molecule is Cc1cc(-c2noc(CNC(=O)CN3C(=O)CCC3=O)n2)no1. The first-order chi connectivity index (χ1) is 11.0. The molecule has 3 amide bonds. The van der Waals surface area contributed by atoms with Crippen LogP contribution in [0.2, 0.25) is 0 Å². The van der Waals surface area contributed by atoms with E-state index in [1.165, 1.54) is 0 Å². The molecule has 0 aliphatic carbocycles. The Morgan fingerprint density at radius 2 is 2.00 bits per heavy atom. The van der Waals surface area contributed by atoms with Crippen molar-refractivity contribution in [2.45, 2.75) is 26.3 Å². The molecule has 0 unspecified atom stereocenters. The number of nitrogens with zero attached hydrogens (tertiary/aromatic N) is 4. The van der Waals surface area contributed by atoms with Crippen LogP contribution in [0.1, 0.15) is 24.5 Å². The van der Waals surface area contributed by atoms with Crippen LogP contribution in [0.3, 0.4) is 0 Å². The number of hydrogen-bond acceptors (Lipinski definition) is 8. The van der Waals surface area contributed by atoms with Gasteiger partial charge in [0.15, 0.2) is 5.69 Å². The van der Waals surface area contributed by atoms with E-state index in [2.05, 4.69) is 20.6 Å². The number of amides is 3. The third kappa shape index (κ3) is 3.25. The van der Waals surface area contributed by atoms with Gasteiger partial charge in [-0.1, -0.05) is 10.3 Å². The molecule has 23 heavy (non-hydrogen) atoms. The van der Waals surface area contributed by atoms with Gasteiger partial charge < -0.3 is 14.4 Å². The molecule has 0 aromatic carbocycles. The topological polar surface area (TPSA) is 131 Å². The lowest BCUT2D eigenvalue weighted by atomic mass is 10.4. The van der Waals surface area contributed by atoms with E-state index >= 15 is 0 Å². The van der Waals surface area contributed by atoms with E-state index in [1.807, 2.05) is 0 Å². The van der Waals surface area contributed by atoms with Crippen molar-refractivity contribution in [3.63, 3.8) is 0 Å². The second kappa shape index (κ2) is 5.99. The zero-order valence-electron chi connectivity index (χ0n) is 12.2. The molecule has 10 nitrogen and oxygen atoms in total. The highest BCUT2D eigenvalue weighted by atomic mass is 16.5. The minimum atomic E-state index is -0.481.